The van der Waals surface area contributed by atoms with E-state index >= 15 is 0 Å². The molecule has 5 aromatic carbocycles. The number of hydrogen-bond donors (Lipinski definition) is 0. The zero-order valence-corrected chi connectivity index (χ0v) is 82.8. The summed E-state index contributed by atoms with van der Waals surface area (Å²) in [4.78, 5) is 0. The van der Waals surface area contributed by atoms with Crippen LogP contribution in [0.2, 0.25) is 98.2 Å². The van der Waals surface area contributed by atoms with Crippen molar-refractivity contribution in [2.45, 2.75) is 265 Å². The molecule has 0 aliphatic heterocycles. The number of benzene rings is 5. The molecule has 0 spiro atoms. The Kier molecular flexibility index (Phi) is 32.3. The third-order valence-electron chi connectivity index (χ3n) is 22.5. The Bertz CT molecular complexity index is 4810. The monoisotopic (exact) mass is 1590 g/mol. The maximum absolute atomic E-state index is 2.49. The fourth-order valence-corrected chi connectivity index (χ4v) is 24.6. The molecule has 0 saturated heterocycles. The molecule has 0 N–H and O–H groups in total. The summed E-state index contributed by atoms with van der Waals surface area (Å²) in [5.74, 6) is 1.99. The fourth-order valence-electron chi connectivity index (χ4n) is 15.9. The average Bonchev–Trinajstić information content (AvgIpc) is 0.385. The largest absolute Gasteiger partial charge is 0.212 e. The van der Waals surface area contributed by atoms with E-state index in [4.69, 9.17) is 0 Å². The van der Waals surface area contributed by atoms with Crippen molar-refractivity contribution in [3.8, 4) is 56.3 Å². The summed E-state index contributed by atoms with van der Waals surface area (Å²) in [7, 11) is 3.98. The van der Waals surface area contributed by atoms with Gasteiger partial charge in [0.2, 0.25) is 28.5 Å². The first-order valence-electron chi connectivity index (χ1n) is 42.2. The molecule has 1 unspecified atom stereocenters. The van der Waals surface area contributed by atoms with Crippen LogP contribution in [-0.4, -0.2) is 40.4 Å². The first-order valence-corrected chi connectivity index (χ1v) is 59.7. The van der Waals surface area contributed by atoms with Crippen molar-refractivity contribution in [2.24, 2.45) is 46.6 Å². The van der Waals surface area contributed by atoms with Crippen molar-refractivity contribution in [2.75, 3.05) is 0 Å². The van der Waals surface area contributed by atoms with Crippen LogP contribution in [0.4, 0.5) is 0 Å². The zero-order chi connectivity index (χ0) is 84.3. The Morgan fingerprint density at radius 2 is 0.571 bits per heavy atom. The van der Waals surface area contributed by atoms with Crippen LogP contribution in [0.15, 0.2) is 183 Å². The molecule has 112 heavy (non-hydrogen) atoms. The summed E-state index contributed by atoms with van der Waals surface area (Å²) in [5.41, 5.74) is 28.3. The van der Waals surface area contributed by atoms with Gasteiger partial charge in [-0.1, -0.05) is 272 Å². The minimum absolute atomic E-state index is 0.178. The van der Waals surface area contributed by atoms with Crippen LogP contribution in [-0.2, 0) is 53.5 Å². The SMILES string of the molecule is CCC(C)c1c[n+](C)c(-c2ccccc2C)cc1[Si](C)(C)C.CCC(CC)c1c[n+](C)c(-c2ccccc2C)cc1[Si](C)(C)C.Cc1ccccc1-c1cc([Si](C)(C)C)c(C(C)(C)C)c[n+]1C.Cc1ccccc1-c1cc([Si](C)(C)C)c(CC(C)(C)C)c[n+]1C.Cc1ccccc1-c1cc([Si](C)(C)C)c(CC(C)C)c[n+]1C. The highest BCUT2D eigenvalue weighted by molar-refractivity contribution is 6.91. The quantitative estimate of drug-likeness (QED) is 0.0603. The van der Waals surface area contributed by atoms with E-state index in [1.54, 1.807) is 37.1 Å². The smallest absolute Gasteiger partial charge is 0.201 e. The van der Waals surface area contributed by atoms with Gasteiger partial charge in [0.1, 0.15) is 35.2 Å². The molecule has 0 fully saturated rings. The van der Waals surface area contributed by atoms with Crippen LogP contribution in [0.1, 0.15) is 170 Å². The van der Waals surface area contributed by atoms with Crippen LogP contribution in [0, 0.1) is 46.0 Å². The van der Waals surface area contributed by atoms with Crippen molar-refractivity contribution in [3.05, 3.63) is 238 Å². The maximum Gasteiger partial charge on any atom is 0.212 e. The number of aryl methyl sites for hydroxylation is 10. The van der Waals surface area contributed by atoms with Gasteiger partial charge in [0.25, 0.3) is 0 Å². The van der Waals surface area contributed by atoms with Gasteiger partial charge in [-0.25, -0.2) is 22.8 Å². The van der Waals surface area contributed by atoms with Gasteiger partial charge in [0, 0.05) is 86.0 Å². The van der Waals surface area contributed by atoms with Crippen LogP contribution < -0.4 is 48.8 Å². The molecule has 5 nitrogen and oxygen atoms in total. The summed E-state index contributed by atoms with van der Waals surface area (Å²) in [5, 5.41) is 8.03. The number of pyridine rings is 5. The number of aromatic nitrogens is 5. The summed E-state index contributed by atoms with van der Waals surface area (Å²) >= 11 is 0. The Hall–Kier alpha value is -7.07. The third kappa shape index (κ3) is 25.0. The Balaban J connectivity index is 0.000000218. The standard InChI is InChI=1S/2C21H32NSi.3C20H30NSi/c1-16-11-9-10-12-18(16)19-13-20(23(6,7)8)17(15-22(19)5)14-21(2,3)4;1-8-17(9-2)19-15-22(4)20(14-21(19)23(5,6)7)18-13-11-10-12-16(18)3;1-15-11-9-10-12-16(15)18-13-19(22(6,7)8)17(14-21(18)5)20(2,3)4;1-15(2)12-17-14-21(4)19(13-20(17)22(5,6)7)18-11-9-8-10-16(18)3;1-8-15(2)18-14-21(4)19(13-20(18)22(5,6)7)17-12-10-9-11-16(17)3/h9-13,15H,14H2,1-8H3;10-15,17H,8-9H2,1-7H3;9-14H,1-8H3;8-11,13-15H,12H2,1-7H3;9-15H,8H2,1-7H3/q5*+1. The van der Waals surface area contributed by atoms with E-state index in [2.05, 4.69) is 457 Å². The fraction of sp³-hybridized carbons (Fsp3) is 0.461. The molecule has 10 aromatic rings. The second kappa shape index (κ2) is 38.6. The number of nitrogens with zero attached hydrogens (tertiary/aromatic N) is 5. The Morgan fingerprint density at radius 1 is 0.312 bits per heavy atom. The minimum atomic E-state index is -1.41. The second-order valence-electron chi connectivity index (χ2n) is 40.5. The zero-order valence-electron chi connectivity index (χ0n) is 77.8. The van der Waals surface area contributed by atoms with E-state index in [1.165, 1.54) is 126 Å². The minimum Gasteiger partial charge on any atom is -0.201 e. The molecule has 0 aliphatic carbocycles. The highest BCUT2D eigenvalue weighted by Gasteiger charge is 2.35. The van der Waals surface area contributed by atoms with Crippen molar-refractivity contribution in [1.29, 1.82) is 0 Å². The van der Waals surface area contributed by atoms with Gasteiger partial charge in [-0.05, 0) is 179 Å². The van der Waals surface area contributed by atoms with Gasteiger partial charge in [-0.2, -0.15) is 0 Å². The van der Waals surface area contributed by atoms with Crippen molar-refractivity contribution in [3.63, 3.8) is 0 Å². The van der Waals surface area contributed by atoms with Crippen molar-refractivity contribution >= 4 is 66.3 Å². The molecule has 1 atom stereocenters. The van der Waals surface area contributed by atoms with E-state index in [-0.39, 0.29) is 5.41 Å². The van der Waals surface area contributed by atoms with Crippen LogP contribution in [0.5, 0.6) is 0 Å². The molecule has 0 amide bonds. The van der Waals surface area contributed by atoms with E-state index in [0.29, 0.717) is 23.2 Å². The molecule has 5 aromatic heterocycles. The van der Waals surface area contributed by atoms with Crippen molar-refractivity contribution in [1.82, 2.24) is 0 Å². The van der Waals surface area contributed by atoms with E-state index < -0.39 is 40.4 Å². The molecule has 0 saturated carbocycles. The van der Waals surface area contributed by atoms with E-state index in [0.717, 1.165) is 6.42 Å². The topological polar surface area (TPSA) is 19.4 Å². The highest BCUT2D eigenvalue weighted by atomic mass is 28.3. The number of hydrogen-bond acceptors (Lipinski definition) is 0. The highest BCUT2D eigenvalue weighted by Crippen LogP contribution is 2.32. The molecular weight excluding hydrogens is 1440 g/mol. The van der Waals surface area contributed by atoms with Crippen LogP contribution in [0.25, 0.3) is 56.3 Å². The van der Waals surface area contributed by atoms with Gasteiger partial charge in [-0.15, -0.1) is 0 Å². The van der Waals surface area contributed by atoms with Crippen LogP contribution in [0.3, 0.4) is 0 Å². The van der Waals surface area contributed by atoms with Gasteiger partial charge in [-0.3, -0.25) is 0 Å². The molecule has 0 bridgehead atoms. The van der Waals surface area contributed by atoms with Crippen molar-refractivity contribution < 1.29 is 22.8 Å². The van der Waals surface area contributed by atoms with Gasteiger partial charge in [0.15, 0.2) is 31.0 Å². The average molecular weight is 1590 g/mol. The molecule has 0 aliphatic rings. The normalized spacial score (nSPS) is 12.5. The lowest BCUT2D eigenvalue weighted by Crippen LogP contribution is -2.47. The predicted octanol–water partition coefficient (Wildman–Crippen LogP) is 22.7. The molecule has 0 radical (unpaired) electrons. The maximum atomic E-state index is 2.49. The van der Waals surface area contributed by atoms with Gasteiger partial charge < -0.3 is 0 Å². The first-order chi connectivity index (χ1) is 51.7. The predicted molar refractivity (Wildman–Crippen MR) is 506 cm³/mol. The molecule has 10 heteroatoms. The molecular formula is C102H154N5Si5+5. The second-order valence-corrected chi connectivity index (χ2v) is 65.7. The molecule has 10 rings (SSSR count). The Labute approximate surface area is 690 Å². The lowest BCUT2D eigenvalue weighted by molar-refractivity contribution is -0.661. The van der Waals surface area contributed by atoms with Gasteiger partial charge >= 0.3 is 0 Å². The summed E-state index contributed by atoms with van der Waals surface area (Å²) in [6.45, 7) is 75.7. The van der Waals surface area contributed by atoms with Gasteiger partial charge in [0.05, 0.1) is 40.4 Å². The van der Waals surface area contributed by atoms with Crippen LogP contribution >= 0.6 is 0 Å². The lowest BCUT2D eigenvalue weighted by atomic mass is 9.87. The summed E-state index contributed by atoms with van der Waals surface area (Å²) in [6, 6.07) is 55.8. The molecule has 602 valence electrons. The van der Waals surface area contributed by atoms with E-state index in [1.807, 2.05) is 0 Å². The number of rotatable bonds is 18. The third-order valence-corrected chi connectivity index (χ3v) is 32.8. The summed E-state index contributed by atoms with van der Waals surface area (Å²) in [6.07, 6.45) is 17.8. The Morgan fingerprint density at radius 3 is 0.848 bits per heavy atom. The lowest BCUT2D eigenvalue weighted by Gasteiger charge is -2.28. The van der Waals surface area contributed by atoms with E-state index in [9.17, 15) is 0 Å². The first kappa shape index (κ1) is 93.8. The molecule has 5 heterocycles. The summed E-state index contributed by atoms with van der Waals surface area (Å²) < 4.78 is 11.6.